The molecule has 3 heteroatoms. The van der Waals surface area contributed by atoms with Gasteiger partial charge in [0.05, 0.1) is 6.10 Å². The second-order valence-electron chi connectivity index (χ2n) is 5.15. The number of nitrogen functional groups attached to an aromatic ring is 1. The van der Waals surface area contributed by atoms with Crippen molar-refractivity contribution in [3.8, 4) is 0 Å². The Bertz CT molecular complexity index is 390. The van der Waals surface area contributed by atoms with Crippen molar-refractivity contribution in [3.63, 3.8) is 0 Å². The van der Waals surface area contributed by atoms with Gasteiger partial charge in [0.15, 0.2) is 0 Å². The number of likely N-dealkylation sites (tertiary alicyclic amines) is 1. The molecule has 0 aliphatic carbocycles. The second-order valence-corrected chi connectivity index (χ2v) is 5.15. The molecular weight excluding hydrogens is 224 g/mol. The Morgan fingerprint density at radius 1 is 1.44 bits per heavy atom. The van der Waals surface area contributed by atoms with Crippen molar-refractivity contribution in [2.24, 2.45) is 0 Å². The highest BCUT2D eigenvalue weighted by molar-refractivity contribution is 5.48. The van der Waals surface area contributed by atoms with Crippen molar-refractivity contribution in [2.75, 3.05) is 25.4 Å². The summed E-state index contributed by atoms with van der Waals surface area (Å²) in [5.74, 6) is 0. The van der Waals surface area contributed by atoms with E-state index in [9.17, 15) is 0 Å². The van der Waals surface area contributed by atoms with Crippen LogP contribution in [0.1, 0.15) is 30.9 Å². The SMILES string of the molecule is CCOC1CCCN(Cc2ccc(C)c(N)c2)C1. The molecule has 0 radical (unpaired) electrons. The molecule has 1 aromatic carbocycles. The normalized spacial score (nSPS) is 21.1. The lowest BCUT2D eigenvalue weighted by molar-refractivity contribution is 0.00364. The summed E-state index contributed by atoms with van der Waals surface area (Å²) in [7, 11) is 0. The van der Waals surface area contributed by atoms with Crippen LogP contribution in [0.2, 0.25) is 0 Å². The number of benzene rings is 1. The number of aryl methyl sites for hydroxylation is 1. The van der Waals surface area contributed by atoms with Gasteiger partial charge in [-0.3, -0.25) is 4.90 Å². The van der Waals surface area contributed by atoms with Crippen molar-refractivity contribution in [2.45, 2.75) is 39.3 Å². The molecule has 2 N–H and O–H groups in total. The Hall–Kier alpha value is -1.06. The number of piperidine rings is 1. The van der Waals surface area contributed by atoms with Gasteiger partial charge in [0, 0.05) is 25.4 Å². The smallest absolute Gasteiger partial charge is 0.0702 e. The van der Waals surface area contributed by atoms with Crippen molar-refractivity contribution in [1.29, 1.82) is 0 Å². The van der Waals surface area contributed by atoms with Crippen LogP contribution in [-0.4, -0.2) is 30.7 Å². The fourth-order valence-electron chi connectivity index (χ4n) is 2.57. The van der Waals surface area contributed by atoms with Gasteiger partial charge in [-0.05, 0) is 50.4 Å². The Morgan fingerprint density at radius 3 is 3.00 bits per heavy atom. The third kappa shape index (κ3) is 3.47. The molecule has 0 saturated carbocycles. The zero-order valence-electron chi connectivity index (χ0n) is 11.5. The predicted molar refractivity (Wildman–Crippen MR) is 75.5 cm³/mol. The average molecular weight is 248 g/mol. The van der Waals surface area contributed by atoms with Crippen molar-refractivity contribution in [1.82, 2.24) is 4.90 Å². The minimum Gasteiger partial charge on any atom is -0.399 e. The number of ether oxygens (including phenoxy) is 1. The van der Waals surface area contributed by atoms with Gasteiger partial charge in [0.25, 0.3) is 0 Å². The number of nitrogens with zero attached hydrogens (tertiary/aromatic N) is 1. The van der Waals surface area contributed by atoms with Gasteiger partial charge in [-0.2, -0.15) is 0 Å². The van der Waals surface area contributed by atoms with Crippen LogP contribution in [0.4, 0.5) is 5.69 Å². The molecule has 0 amide bonds. The lowest BCUT2D eigenvalue weighted by Gasteiger charge is -2.32. The number of rotatable bonds is 4. The first kappa shape index (κ1) is 13.4. The summed E-state index contributed by atoms with van der Waals surface area (Å²) in [5.41, 5.74) is 9.31. The van der Waals surface area contributed by atoms with Gasteiger partial charge in [-0.25, -0.2) is 0 Å². The summed E-state index contributed by atoms with van der Waals surface area (Å²) in [5, 5.41) is 0. The van der Waals surface area contributed by atoms with Gasteiger partial charge in [-0.15, -0.1) is 0 Å². The molecule has 1 heterocycles. The quantitative estimate of drug-likeness (QED) is 0.832. The number of nitrogens with two attached hydrogens (primary N) is 1. The van der Waals surface area contributed by atoms with Crippen LogP contribution in [0.3, 0.4) is 0 Å². The van der Waals surface area contributed by atoms with Crippen LogP contribution in [0.25, 0.3) is 0 Å². The summed E-state index contributed by atoms with van der Waals surface area (Å²) >= 11 is 0. The van der Waals surface area contributed by atoms with E-state index in [2.05, 4.69) is 30.0 Å². The summed E-state index contributed by atoms with van der Waals surface area (Å²) in [6.07, 6.45) is 2.83. The van der Waals surface area contributed by atoms with E-state index in [0.717, 1.165) is 37.5 Å². The summed E-state index contributed by atoms with van der Waals surface area (Å²) < 4.78 is 5.73. The first-order valence-electron chi connectivity index (χ1n) is 6.88. The van der Waals surface area contributed by atoms with E-state index in [1.54, 1.807) is 0 Å². The Morgan fingerprint density at radius 2 is 2.28 bits per heavy atom. The first-order chi connectivity index (χ1) is 8.69. The average Bonchev–Trinajstić information content (AvgIpc) is 2.35. The van der Waals surface area contributed by atoms with E-state index in [4.69, 9.17) is 10.5 Å². The Balaban J connectivity index is 1.93. The Labute approximate surface area is 110 Å². The summed E-state index contributed by atoms with van der Waals surface area (Å²) in [4.78, 5) is 2.47. The van der Waals surface area contributed by atoms with Gasteiger partial charge in [0.2, 0.25) is 0 Å². The largest absolute Gasteiger partial charge is 0.399 e. The van der Waals surface area contributed by atoms with Gasteiger partial charge in [0.1, 0.15) is 0 Å². The van der Waals surface area contributed by atoms with E-state index in [0.29, 0.717) is 6.10 Å². The monoisotopic (exact) mass is 248 g/mol. The van der Waals surface area contributed by atoms with Crippen molar-refractivity contribution in [3.05, 3.63) is 29.3 Å². The minimum absolute atomic E-state index is 0.409. The summed E-state index contributed by atoms with van der Waals surface area (Å²) in [6, 6.07) is 6.38. The third-order valence-electron chi connectivity index (χ3n) is 3.61. The standard InChI is InChI=1S/C15H24N2O/c1-3-18-14-5-4-8-17(11-14)10-13-7-6-12(2)15(16)9-13/h6-7,9,14H,3-5,8,10-11,16H2,1-2H3. The molecule has 0 bridgehead atoms. The molecule has 1 saturated heterocycles. The molecule has 18 heavy (non-hydrogen) atoms. The van der Waals surface area contributed by atoms with Crippen LogP contribution in [0.5, 0.6) is 0 Å². The number of anilines is 1. The minimum atomic E-state index is 0.409. The van der Waals surface area contributed by atoms with E-state index >= 15 is 0 Å². The third-order valence-corrected chi connectivity index (χ3v) is 3.61. The molecule has 1 atom stereocenters. The zero-order chi connectivity index (χ0) is 13.0. The molecule has 1 aliphatic heterocycles. The summed E-state index contributed by atoms with van der Waals surface area (Å²) in [6.45, 7) is 8.12. The van der Waals surface area contributed by atoms with E-state index in [-0.39, 0.29) is 0 Å². The topological polar surface area (TPSA) is 38.5 Å². The molecule has 0 spiro atoms. The van der Waals surface area contributed by atoms with E-state index in [1.165, 1.54) is 18.4 Å². The number of hydrogen-bond donors (Lipinski definition) is 1. The molecule has 3 nitrogen and oxygen atoms in total. The van der Waals surface area contributed by atoms with E-state index < -0.39 is 0 Å². The van der Waals surface area contributed by atoms with Gasteiger partial charge >= 0.3 is 0 Å². The number of hydrogen-bond acceptors (Lipinski definition) is 3. The van der Waals surface area contributed by atoms with Gasteiger partial charge < -0.3 is 10.5 Å². The maximum atomic E-state index is 5.96. The fraction of sp³-hybridized carbons (Fsp3) is 0.600. The molecule has 1 fully saturated rings. The maximum Gasteiger partial charge on any atom is 0.0702 e. The fourth-order valence-corrected chi connectivity index (χ4v) is 2.57. The predicted octanol–water partition coefficient (Wildman–Crippen LogP) is 2.58. The van der Waals surface area contributed by atoms with E-state index in [1.807, 2.05) is 6.92 Å². The zero-order valence-corrected chi connectivity index (χ0v) is 11.5. The Kier molecular flexibility index (Phi) is 4.61. The highest BCUT2D eigenvalue weighted by Crippen LogP contribution is 2.18. The molecule has 100 valence electrons. The van der Waals surface area contributed by atoms with Crippen LogP contribution in [0.15, 0.2) is 18.2 Å². The molecule has 1 aromatic rings. The molecule has 1 unspecified atom stereocenters. The van der Waals surface area contributed by atoms with Crippen LogP contribution in [0, 0.1) is 6.92 Å². The molecule has 2 rings (SSSR count). The molecule has 1 aliphatic rings. The van der Waals surface area contributed by atoms with Crippen molar-refractivity contribution >= 4 is 5.69 Å². The highest BCUT2D eigenvalue weighted by atomic mass is 16.5. The first-order valence-corrected chi connectivity index (χ1v) is 6.88. The lowest BCUT2D eigenvalue weighted by Crippen LogP contribution is -2.39. The molecular formula is C15H24N2O. The lowest BCUT2D eigenvalue weighted by atomic mass is 10.1. The van der Waals surface area contributed by atoms with Crippen molar-refractivity contribution < 1.29 is 4.74 Å². The maximum absolute atomic E-state index is 5.96. The molecule has 0 aromatic heterocycles. The van der Waals surface area contributed by atoms with Crippen LogP contribution >= 0.6 is 0 Å². The van der Waals surface area contributed by atoms with Gasteiger partial charge in [-0.1, -0.05) is 12.1 Å². The van der Waals surface area contributed by atoms with Crippen LogP contribution in [-0.2, 0) is 11.3 Å². The highest BCUT2D eigenvalue weighted by Gasteiger charge is 2.19. The van der Waals surface area contributed by atoms with Crippen LogP contribution < -0.4 is 5.73 Å². The second kappa shape index (κ2) is 6.21.